The van der Waals surface area contributed by atoms with Crippen LogP contribution in [0, 0.1) is 0 Å². The highest BCUT2D eigenvalue weighted by molar-refractivity contribution is 5.94. The van der Waals surface area contributed by atoms with Crippen LogP contribution >= 0.6 is 0 Å². The number of nitrogens with zero attached hydrogens (tertiary/aromatic N) is 3. The first-order chi connectivity index (χ1) is 14.3. The first-order valence-electron chi connectivity index (χ1n) is 9.49. The molecule has 0 bridgehead atoms. The molecule has 5 rings (SSSR count). The van der Waals surface area contributed by atoms with Crippen LogP contribution < -0.4 is 5.32 Å². The van der Waals surface area contributed by atoms with Crippen molar-refractivity contribution in [2.75, 3.05) is 11.9 Å². The summed E-state index contributed by atoms with van der Waals surface area (Å²) >= 11 is 0. The molecule has 1 N–H and O–H groups in total. The van der Waals surface area contributed by atoms with Gasteiger partial charge in [-0.2, -0.15) is 4.98 Å². The van der Waals surface area contributed by atoms with Crippen molar-refractivity contribution in [1.29, 1.82) is 0 Å². The van der Waals surface area contributed by atoms with Gasteiger partial charge in [0.05, 0.1) is 5.52 Å². The molecule has 1 aliphatic rings. The third-order valence-electron chi connectivity index (χ3n) is 4.85. The fourth-order valence-electron chi connectivity index (χ4n) is 3.37. The summed E-state index contributed by atoms with van der Waals surface area (Å²) in [4.78, 5) is 21.3. The van der Waals surface area contributed by atoms with E-state index in [0.717, 1.165) is 29.3 Å². The zero-order valence-electron chi connectivity index (χ0n) is 15.5. The van der Waals surface area contributed by atoms with Crippen molar-refractivity contribution in [2.45, 2.75) is 18.9 Å². The molecule has 1 saturated heterocycles. The summed E-state index contributed by atoms with van der Waals surface area (Å²) in [5.74, 6) is 0.647. The molecular formula is C22H18N4O3. The van der Waals surface area contributed by atoms with Gasteiger partial charge < -0.3 is 14.6 Å². The van der Waals surface area contributed by atoms with Crippen molar-refractivity contribution in [1.82, 2.24) is 15.1 Å². The van der Waals surface area contributed by atoms with E-state index in [1.54, 1.807) is 6.07 Å². The van der Waals surface area contributed by atoms with E-state index in [-0.39, 0.29) is 12.0 Å². The standard InChI is InChI=1S/C22H18N4O3/c27-21(19-9-4-12-28-19)23-16-7-3-6-15(13-16)22-25-20(26-29-22)18-11-10-14-5-1-2-8-17(14)24-18/h1-3,5-8,10-11,13,19H,4,9,12H2,(H,23,27). The van der Waals surface area contributed by atoms with Gasteiger partial charge in [0.15, 0.2) is 0 Å². The second-order valence-corrected chi connectivity index (χ2v) is 6.88. The van der Waals surface area contributed by atoms with Crippen molar-refractivity contribution >= 4 is 22.5 Å². The molecule has 0 radical (unpaired) electrons. The largest absolute Gasteiger partial charge is 0.368 e. The molecule has 0 aliphatic carbocycles. The van der Waals surface area contributed by atoms with E-state index in [2.05, 4.69) is 20.4 Å². The Balaban J connectivity index is 1.39. The lowest BCUT2D eigenvalue weighted by molar-refractivity contribution is -0.124. The third-order valence-corrected chi connectivity index (χ3v) is 4.85. The fourth-order valence-corrected chi connectivity index (χ4v) is 3.37. The smallest absolute Gasteiger partial charge is 0.258 e. The maximum Gasteiger partial charge on any atom is 0.258 e. The van der Waals surface area contributed by atoms with E-state index in [1.807, 2.05) is 54.6 Å². The van der Waals surface area contributed by atoms with Crippen molar-refractivity contribution in [3.05, 3.63) is 60.7 Å². The van der Waals surface area contributed by atoms with Crippen LogP contribution in [-0.4, -0.2) is 33.7 Å². The van der Waals surface area contributed by atoms with E-state index >= 15 is 0 Å². The Labute approximate surface area is 166 Å². The van der Waals surface area contributed by atoms with Crippen LogP contribution in [-0.2, 0) is 9.53 Å². The molecule has 144 valence electrons. The summed E-state index contributed by atoms with van der Waals surface area (Å²) < 4.78 is 10.9. The van der Waals surface area contributed by atoms with Crippen LogP contribution in [0.1, 0.15) is 12.8 Å². The highest BCUT2D eigenvalue weighted by Gasteiger charge is 2.23. The number of anilines is 1. The van der Waals surface area contributed by atoms with Crippen LogP contribution in [0.3, 0.4) is 0 Å². The van der Waals surface area contributed by atoms with Gasteiger partial charge in [0.2, 0.25) is 5.82 Å². The molecule has 7 heteroatoms. The summed E-state index contributed by atoms with van der Waals surface area (Å²) in [5, 5.41) is 8.00. The van der Waals surface area contributed by atoms with Crippen molar-refractivity contribution < 1.29 is 14.1 Å². The van der Waals surface area contributed by atoms with E-state index in [4.69, 9.17) is 9.26 Å². The predicted molar refractivity (Wildman–Crippen MR) is 108 cm³/mol. The summed E-state index contributed by atoms with van der Waals surface area (Å²) in [5.41, 5.74) is 2.89. The van der Waals surface area contributed by atoms with Gasteiger partial charge >= 0.3 is 0 Å². The number of amides is 1. The zero-order valence-corrected chi connectivity index (χ0v) is 15.5. The minimum atomic E-state index is -0.382. The minimum Gasteiger partial charge on any atom is -0.368 e. The molecule has 3 heterocycles. The SMILES string of the molecule is O=C(Nc1cccc(-c2nc(-c3ccc4ccccc4n3)no2)c1)C1CCCO1. The number of carbonyl (C=O) groups excluding carboxylic acids is 1. The first kappa shape index (κ1) is 17.5. The van der Waals surface area contributed by atoms with Gasteiger partial charge in [-0.05, 0) is 43.2 Å². The number of para-hydroxylation sites is 1. The molecule has 0 saturated carbocycles. The Morgan fingerprint density at radius 1 is 1.03 bits per heavy atom. The lowest BCUT2D eigenvalue weighted by atomic mass is 10.2. The molecule has 0 spiro atoms. The fraction of sp³-hybridized carbons (Fsp3) is 0.182. The second kappa shape index (κ2) is 7.44. The third kappa shape index (κ3) is 3.60. The van der Waals surface area contributed by atoms with Gasteiger partial charge in [0.25, 0.3) is 11.8 Å². The number of rotatable bonds is 4. The molecule has 1 amide bonds. The van der Waals surface area contributed by atoms with Crippen LogP contribution in [0.25, 0.3) is 33.9 Å². The molecule has 1 unspecified atom stereocenters. The van der Waals surface area contributed by atoms with Gasteiger partial charge in [-0.3, -0.25) is 4.79 Å². The number of hydrogen-bond donors (Lipinski definition) is 1. The Morgan fingerprint density at radius 2 is 1.97 bits per heavy atom. The van der Waals surface area contributed by atoms with Gasteiger partial charge in [0.1, 0.15) is 11.8 Å². The summed E-state index contributed by atoms with van der Waals surface area (Å²) in [6.45, 7) is 0.631. The van der Waals surface area contributed by atoms with Gasteiger partial charge in [-0.15, -0.1) is 0 Å². The number of fused-ring (bicyclic) bond motifs is 1. The lowest BCUT2D eigenvalue weighted by Crippen LogP contribution is -2.26. The molecule has 7 nitrogen and oxygen atoms in total. The molecule has 29 heavy (non-hydrogen) atoms. The molecule has 1 aliphatic heterocycles. The topological polar surface area (TPSA) is 90.1 Å². The van der Waals surface area contributed by atoms with Crippen LogP contribution in [0.15, 0.2) is 65.2 Å². The molecule has 1 atom stereocenters. The quantitative estimate of drug-likeness (QED) is 0.569. The summed E-state index contributed by atoms with van der Waals surface area (Å²) in [7, 11) is 0. The highest BCUT2D eigenvalue weighted by atomic mass is 16.5. The lowest BCUT2D eigenvalue weighted by Gasteiger charge is -2.10. The number of benzene rings is 2. The van der Waals surface area contributed by atoms with Crippen molar-refractivity contribution in [3.63, 3.8) is 0 Å². The molecular weight excluding hydrogens is 368 g/mol. The molecule has 1 fully saturated rings. The van der Waals surface area contributed by atoms with Crippen LogP contribution in [0.2, 0.25) is 0 Å². The number of ether oxygens (including phenoxy) is 1. The van der Waals surface area contributed by atoms with Crippen molar-refractivity contribution in [3.8, 4) is 23.0 Å². The number of nitrogens with one attached hydrogen (secondary N) is 1. The minimum absolute atomic E-state index is 0.133. The van der Waals surface area contributed by atoms with E-state index in [0.29, 0.717) is 29.7 Å². The molecule has 4 aromatic rings. The van der Waals surface area contributed by atoms with E-state index in [9.17, 15) is 4.79 Å². The number of hydrogen-bond acceptors (Lipinski definition) is 6. The zero-order chi connectivity index (χ0) is 19.6. The second-order valence-electron chi connectivity index (χ2n) is 6.88. The molecule has 2 aromatic heterocycles. The number of aromatic nitrogens is 3. The van der Waals surface area contributed by atoms with E-state index < -0.39 is 0 Å². The monoisotopic (exact) mass is 386 g/mol. The average molecular weight is 386 g/mol. The normalized spacial score (nSPS) is 16.2. The van der Waals surface area contributed by atoms with Gasteiger partial charge in [-0.25, -0.2) is 4.98 Å². The Hall–Kier alpha value is -3.58. The number of carbonyl (C=O) groups is 1. The van der Waals surface area contributed by atoms with Gasteiger partial charge in [-0.1, -0.05) is 35.5 Å². The number of pyridine rings is 1. The maximum absolute atomic E-state index is 12.3. The predicted octanol–water partition coefficient (Wildman–Crippen LogP) is 4.07. The Morgan fingerprint density at radius 3 is 2.86 bits per heavy atom. The van der Waals surface area contributed by atoms with Crippen molar-refractivity contribution in [2.24, 2.45) is 0 Å². The Bertz CT molecular complexity index is 1180. The average Bonchev–Trinajstić information content (AvgIpc) is 3.46. The maximum atomic E-state index is 12.3. The van der Waals surface area contributed by atoms with Crippen LogP contribution in [0.4, 0.5) is 5.69 Å². The summed E-state index contributed by atoms with van der Waals surface area (Å²) in [6.07, 6.45) is 1.27. The summed E-state index contributed by atoms with van der Waals surface area (Å²) in [6, 6.07) is 19.0. The molecule has 2 aromatic carbocycles. The Kier molecular flexibility index (Phi) is 4.50. The highest BCUT2D eigenvalue weighted by Crippen LogP contribution is 2.25. The van der Waals surface area contributed by atoms with Gasteiger partial charge in [0, 0.05) is 23.2 Å². The first-order valence-corrected chi connectivity index (χ1v) is 9.49. The van der Waals surface area contributed by atoms with Crippen LogP contribution in [0.5, 0.6) is 0 Å². The van der Waals surface area contributed by atoms with E-state index in [1.165, 1.54) is 0 Å².